The van der Waals surface area contributed by atoms with Crippen molar-refractivity contribution in [3.05, 3.63) is 65.2 Å². The van der Waals surface area contributed by atoms with Crippen LogP contribution < -0.4 is 15.4 Å². The van der Waals surface area contributed by atoms with E-state index in [1.54, 1.807) is 24.3 Å². The summed E-state index contributed by atoms with van der Waals surface area (Å²) in [6.45, 7) is 0. The van der Waals surface area contributed by atoms with Crippen LogP contribution in [0, 0.1) is 0 Å². The molecule has 0 aromatic heterocycles. The second-order valence-corrected chi connectivity index (χ2v) is 14.6. The fourth-order valence-electron chi connectivity index (χ4n) is 3.20. The van der Waals surface area contributed by atoms with Gasteiger partial charge in [-0.05, 0) is 36.2 Å². The molecule has 16 heteroatoms. The van der Waals surface area contributed by atoms with E-state index in [4.69, 9.17) is 52.8 Å². The van der Waals surface area contributed by atoms with Gasteiger partial charge in [-0.25, -0.2) is 19.2 Å². The van der Waals surface area contributed by atoms with Crippen LogP contribution in [-0.4, -0.2) is 80.3 Å². The predicted molar refractivity (Wildman–Crippen MR) is 166 cm³/mol. The summed E-state index contributed by atoms with van der Waals surface area (Å²) in [6, 6.07) is 8.67. The van der Waals surface area contributed by atoms with E-state index in [9.17, 15) is 29.1 Å². The minimum atomic E-state index is -1.50. The average molecular weight is 754 g/mol. The van der Waals surface area contributed by atoms with E-state index < -0.39 is 48.4 Å². The molecule has 0 saturated heterocycles. The number of carboxylic acid groups (broad SMARTS) is 3. The molecule has 0 fully saturated rings. The summed E-state index contributed by atoms with van der Waals surface area (Å²) in [4.78, 5) is 57.8. The van der Waals surface area contributed by atoms with Gasteiger partial charge < -0.3 is 43.3 Å². The van der Waals surface area contributed by atoms with Crippen LogP contribution in [-0.2, 0) is 81.6 Å². The standard InChI is InChI=1S/C23H24N2O9S.C4H10S3.Tc/c26-19(27)10-9-17(20(28)29)24-23(33)25-18(21(30)31)11-13-3-7-16(8-4-13)34-22(32)15-5-1-14(12-35)2-6-15;5-1-3-7-4-2-6;/h1-8,17-18,35H,9-12H2,(H,26,27)(H,28,29)(H,30,31)(H2,24,25,33);5-6H,1-4H2;/q;;+3/p-3/t17-,18-;;/m0../s1. The number of esters is 1. The summed E-state index contributed by atoms with van der Waals surface area (Å²) in [5.41, 5.74) is 1.73. The SMILES string of the molecule is O=C(O)CC[C@H](NC(=O)N[C@@H](Cc1ccc(OC(=O)c2ccc(C[S-])cc2)cc1)C(=O)O)C(=O)O.[S-]CC[S](=[Tc+3])CC[S-]. The van der Waals surface area contributed by atoms with E-state index >= 15 is 0 Å². The molecule has 11 nitrogen and oxygen atoms in total. The van der Waals surface area contributed by atoms with Gasteiger partial charge in [0.05, 0.1) is 5.56 Å². The normalized spacial score (nSPS) is 11.8. The van der Waals surface area contributed by atoms with Gasteiger partial charge in [0.1, 0.15) is 17.8 Å². The third-order valence-corrected chi connectivity index (χ3v) is 10.2. The van der Waals surface area contributed by atoms with Crippen molar-refractivity contribution in [3.8, 4) is 5.75 Å². The number of nitrogens with one attached hydrogen (secondary N) is 2. The van der Waals surface area contributed by atoms with Crippen LogP contribution >= 0.6 is 8.26 Å². The molecule has 0 aliphatic rings. The summed E-state index contributed by atoms with van der Waals surface area (Å²) in [5.74, 6) is 0.154. The maximum absolute atomic E-state index is 12.3. The molecule has 2 aromatic carbocycles. The molecule has 0 unspecified atom stereocenters. The molecule has 0 radical (unpaired) electrons. The fraction of sp³-hybridized carbons (Fsp3) is 0.370. The summed E-state index contributed by atoms with van der Waals surface area (Å²) < 4.78 is 5.29. The second-order valence-electron chi connectivity index (χ2n) is 8.65. The van der Waals surface area contributed by atoms with Gasteiger partial charge in [-0.3, -0.25) is 4.79 Å². The number of benzene rings is 2. The van der Waals surface area contributed by atoms with Crippen LogP contribution in [0.3, 0.4) is 0 Å². The molecule has 43 heavy (non-hydrogen) atoms. The number of rotatable bonds is 16. The van der Waals surface area contributed by atoms with Crippen molar-refractivity contribution in [1.82, 2.24) is 10.6 Å². The van der Waals surface area contributed by atoms with Gasteiger partial charge in [-0.2, -0.15) is 5.75 Å². The first-order chi connectivity index (χ1) is 20.4. The molecular weight excluding hydrogens is 723 g/mol. The van der Waals surface area contributed by atoms with E-state index in [-0.39, 0.29) is 18.6 Å². The molecule has 2 aromatic rings. The van der Waals surface area contributed by atoms with Gasteiger partial charge in [0.25, 0.3) is 0 Å². The number of urea groups is 1. The molecule has 5 N–H and O–H groups in total. The van der Waals surface area contributed by atoms with E-state index in [0.29, 0.717) is 25.1 Å². The number of aliphatic carboxylic acids is 3. The van der Waals surface area contributed by atoms with Crippen molar-refractivity contribution in [3.63, 3.8) is 0 Å². The Morgan fingerprint density at radius 1 is 0.791 bits per heavy atom. The summed E-state index contributed by atoms with van der Waals surface area (Å²) in [6.07, 6.45) is -1.00. The number of amides is 2. The molecule has 2 atom stereocenters. The maximum atomic E-state index is 12.3. The first-order valence-corrected chi connectivity index (χ1v) is 18.1. The Balaban J connectivity index is 0.00000101. The zero-order valence-electron chi connectivity index (χ0n) is 22.7. The van der Waals surface area contributed by atoms with Crippen LogP contribution in [0.5, 0.6) is 5.75 Å². The van der Waals surface area contributed by atoms with Crippen molar-refractivity contribution in [2.24, 2.45) is 0 Å². The zero-order chi connectivity index (χ0) is 32.4. The van der Waals surface area contributed by atoms with Gasteiger partial charge >= 0.3 is 104 Å². The fourth-order valence-corrected chi connectivity index (χ4v) is 7.83. The number of carboxylic acids is 3. The van der Waals surface area contributed by atoms with Crippen LogP contribution in [0.4, 0.5) is 4.79 Å². The second kappa shape index (κ2) is 21.4. The monoisotopic (exact) mass is 752 g/mol. The van der Waals surface area contributed by atoms with Crippen molar-refractivity contribution in [1.29, 1.82) is 0 Å². The molecule has 0 saturated carbocycles. The summed E-state index contributed by atoms with van der Waals surface area (Å²) in [5, 5.41) is 31.4. The van der Waals surface area contributed by atoms with Gasteiger partial charge in [0, 0.05) is 12.8 Å². The topological polar surface area (TPSA) is 179 Å². The van der Waals surface area contributed by atoms with Crippen molar-refractivity contribution >= 4 is 76.1 Å². The van der Waals surface area contributed by atoms with Gasteiger partial charge in [-0.15, -0.1) is 0 Å². The summed E-state index contributed by atoms with van der Waals surface area (Å²) in [7, 11) is 0.492. The Morgan fingerprint density at radius 3 is 1.77 bits per heavy atom. The van der Waals surface area contributed by atoms with Crippen LogP contribution in [0.2, 0.25) is 0 Å². The predicted octanol–water partition coefficient (Wildman–Crippen LogP) is 2.38. The molecule has 0 spiro atoms. The van der Waals surface area contributed by atoms with Crippen molar-refractivity contribution in [2.75, 3.05) is 23.0 Å². The Hall–Kier alpha value is -2.36. The third-order valence-electron chi connectivity index (χ3n) is 5.39. The Kier molecular flexibility index (Phi) is 19.2. The van der Waals surface area contributed by atoms with E-state index in [1.165, 1.54) is 35.8 Å². The number of ether oxygens (including phenoxy) is 1. The van der Waals surface area contributed by atoms with Crippen LogP contribution in [0.1, 0.15) is 34.3 Å². The first kappa shape index (κ1) is 38.7. The van der Waals surface area contributed by atoms with E-state index in [2.05, 4.69) is 27.8 Å². The third kappa shape index (κ3) is 16.3. The number of carbonyl (C=O) groups excluding carboxylic acids is 2. The average Bonchev–Trinajstić information content (AvgIpc) is 2.96. The summed E-state index contributed by atoms with van der Waals surface area (Å²) >= 11 is 17.0. The Labute approximate surface area is 277 Å². The van der Waals surface area contributed by atoms with Crippen LogP contribution in [0.15, 0.2) is 48.5 Å². The van der Waals surface area contributed by atoms with Gasteiger partial charge in [0.15, 0.2) is 0 Å². The molecule has 0 heterocycles. The molecular formula is C27H31N2O9S4Tc. The zero-order valence-corrected chi connectivity index (χ0v) is 27.9. The number of hydrogen-bond acceptors (Lipinski definition) is 9. The van der Waals surface area contributed by atoms with Crippen molar-refractivity contribution in [2.45, 2.75) is 37.1 Å². The molecule has 0 aliphatic carbocycles. The van der Waals surface area contributed by atoms with Crippen molar-refractivity contribution < 1.29 is 61.2 Å². The molecule has 234 valence electrons. The Morgan fingerprint density at radius 2 is 1.30 bits per heavy atom. The van der Waals surface area contributed by atoms with E-state index in [0.717, 1.165) is 17.1 Å². The quantitative estimate of drug-likeness (QED) is 0.0962. The molecule has 2 amide bonds. The molecule has 2 rings (SSSR count). The molecule has 0 aliphatic heterocycles. The van der Waals surface area contributed by atoms with Gasteiger partial charge in [0.2, 0.25) is 0 Å². The minimum absolute atomic E-state index is 0.146. The van der Waals surface area contributed by atoms with Gasteiger partial charge in [-0.1, -0.05) is 29.8 Å². The molecule has 0 bridgehead atoms. The number of hydrogen-bond donors (Lipinski definition) is 5. The Bertz CT molecular complexity index is 1240. The first-order valence-electron chi connectivity index (χ1n) is 12.6. The van der Waals surface area contributed by atoms with Crippen LogP contribution in [0.25, 0.3) is 0 Å². The van der Waals surface area contributed by atoms with E-state index in [1.807, 2.05) is 0 Å². The number of carbonyl (C=O) groups is 5.